The van der Waals surface area contributed by atoms with E-state index in [1.54, 1.807) is 43.5 Å². The van der Waals surface area contributed by atoms with Gasteiger partial charge in [0.25, 0.3) is 0 Å². The summed E-state index contributed by atoms with van der Waals surface area (Å²) in [6, 6.07) is 22.6. The number of amides is 1. The lowest BCUT2D eigenvalue weighted by Crippen LogP contribution is -2.41. The minimum absolute atomic E-state index is 0.00696. The standard InChI is InChI=1S/C25H25FN2O3S/c1-31-22-12-14-23(15-13-22)32(30)28(21-10-5-9-20(26)17-21)18-25(29)27-16-6-11-24(27)19-7-3-2-4-8-19/h2-5,7-10,12-15,17,24H,6,11,16,18H2,1H3. The minimum atomic E-state index is -1.70. The molecule has 1 fully saturated rings. The van der Waals surface area contributed by atoms with Crippen LogP contribution in [-0.2, 0) is 15.8 Å². The second-order valence-corrected chi connectivity index (χ2v) is 9.01. The van der Waals surface area contributed by atoms with E-state index in [9.17, 15) is 13.4 Å². The van der Waals surface area contributed by atoms with Crippen molar-refractivity contribution in [1.29, 1.82) is 0 Å². The lowest BCUT2D eigenvalue weighted by atomic mass is 10.0. The van der Waals surface area contributed by atoms with Crippen molar-refractivity contribution in [1.82, 2.24) is 4.90 Å². The van der Waals surface area contributed by atoms with Crippen molar-refractivity contribution in [2.45, 2.75) is 23.8 Å². The fourth-order valence-electron chi connectivity index (χ4n) is 4.00. The smallest absolute Gasteiger partial charge is 0.243 e. The third-order valence-corrected chi connectivity index (χ3v) is 7.01. The van der Waals surface area contributed by atoms with E-state index in [-0.39, 0.29) is 18.5 Å². The topological polar surface area (TPSA) is 49.9 Å². The van der Waals surface area contributed by atoms with Gasteiger partial charge in [0.05, 0.1) is 23.7 Å². The van der Waals surface area contributed by atoms with Crippen LogP contribution in [0.5, 0.6) is 5.75 Å². The molecular formula is C25H25FN2O3S. The molecule has 1 heterocycles. The maximum atomic E-state index is 14.0. The predicted molar refractivity (Wildman–Crippen MR) is 123 cm³/mol. The number of likely N-dealkylation sites (tertiary alicyclic amines) is 1. The summed E-state index contributed by atoms with van der Waals surface area (Å²) in [5, 5.41) is 0. The van der Waals surface area contributed by atoms with Gasteiger partial charge in [-0.1, -0.05) is 36.4 Å². The highest BCUT2D eigenvalue weighted by Gasteiger charge is 2.32. The van der Waals surface area contributed by atoms with Crippen LogP contribution in [0.2, 0.25) is 0 Å². The number of carbonyl (C=O) groups is 1. The Hall–Kier alpha value is -3.19. The average Bonchev–Trinajstić information content (AvgIpc) is 3.33. The number of methoxy groups -OCH3 is 1. The molecule has 1 amide bonds. The van der Waals surface area contributed by atoms with E-state index in [2.05, 4.69) is 0 Å². The third-order valence-electron chi connectivity index (χ3n) is 5.59. The Balaban J connectivity index is 1.61. The van der Waals surface area contributed by atoms with Crippen LogP contribution in [-0.4, -0.2) is 35.2 Å². The second-order valence-electron chi connectivity index (χ2n) is 7.60. The monoisotopic (exact) mass is 452 g/mol. The van der Waals surface area contributed by atoms with Gasteiger partial charge in [-0.3, -0.25) is 9.10 Å². The fraction of sp³-hybridized carbons (Fsp3) is 0.240. The Morgan fingerprint density at radius 3 is 2.53 bits per heavy atom. The zero-order chi connectivity index (χ0) is 22.5. The molecule has 0 aliphatic carbocycles. The number of nitrogens with zero attached hydrogens (tertiary/aromatic N) is 2. The Bertz CT molecular complexity index is 1090. The van der Waals surface area contributed by atoms with Gasteiger partial charge in [0.1, 0.15) is 18.1 Å². The molecular weight excluding hydrogens is 427 g/mol. The molecule has 2 unspecified atom stereocenters. The number of hydrogen-bond acceptors (Lipinski definition) is 3. The molecule has 0 saturated carbocycles. The Morgan fingerprint density at radius 2 is 1.84 bits per heavy atom. The molecule has 3 aromatic rings. The van der Waals surface area contributed by atoms with Crippen LogP contribution in [0, 0.1) is 5.82 Å². The molecule has 1 aliphatic rings. The number of halogens is 1. The zero-order valence-corrected chi connectivity index (χ0v) is 18.6. The van der Waals surface area contributed by atoms with Crippen molar-refractivity contribution < 1.29 is 18.1 Å². The predicted octanol–water partition coefficient (Wildman–Crippen LogP) is 4.73. The maximum absolute atomic E-state index is 14.0. The summed E-state index contributed by atoms with van der Waals surface area (Å²) < 4.78 is 34.1. The Morgan fingerprint density at radius 1 is 1.09 bits per heavy atom. The summed E-state index contributed by atoms with van der Waals surface area (Å²) in [7, 11) is -0.145. The van der Waals surface area contributed by atoms with Crippen molar-refractivity contribution in [3.05, 3.63) is 90.2 Å². The molecule has 4 rings (SSSR count). The van der Waals surface area contributed by atoms with Gasteiger partial charge in [0.2, 0.25) is 5.91 Å². The minimum Gasteiger partial charge on any atom is -0.497 e. The first-order valence-corrected chi connectivity index (χ1v) is 11.6. The normalized spacial score (nSPS) is 16.6. The molecule has 0 spiro atoms. The second kappa shape index (κ2) is 9.96. The van der Waals surface area contributed by atoms with Crippen LogP contribution in [0.1, 0.15) is 24.4 Å². The van der Waals surface area contributed by atoms with Crippen molar-refractivity contribution in [2.24, 2.45) is 0 Å². The van der Waals surface area contributed by atoms with Crippen molar-refractivity contribution >= 4 is 22.6 Å². The summed E-state index contributed by atoms with van der Waals surface area (Å²) >= 11 is 0. The van der Waals surface area contributed by atoms with Gasteiger partial charge >= 0.3 is 0 Å². The number of ether oxygens (including phenoxy) is 1. The van der Waals surface area contributed by atoms with E-state index in [4.69, 9.17) is 4.74 Å². The molecule has 2 atom stereocenters. The highest BCUT2D eigenvalue weighted by Crippen LogP contribution is 2.32. The highest BCUT2D eigenvalue weighted by atomic mass is 32.2. The van der Waals surface area contributed by atoms with Crippen LogP contribution < -0.4 is 9.04 Å². The molecule has 7 heteroatoms. The number of benzene rings is 3. The van der Waals surface area contributed by atoms with Gasteiger partial charge in [-0.15, -0.1) is 0 Å². The number of carbonyl (C=O) groups excluding carboxylic acids is 1. The van der Waals surface area contributed by atoms with E-state index in [0.29, 0.717) is 22.9 Å². The lowest BCUT2D eigenvalue weighted by molar-refractivity contribution is -0.130. The molecule has 1 aliphatic heterocycles. The molecule has 1 saturated heterocycles. The van der Waals surface area contributed by atoms with E-state index in [0.717, 1.165) is 18.4 Å². The summed E-state index contributed by atoms with van der Waals surface area (Å²) in [5.74, 6) is 0.0550. The van der Waals surface area contributed by atoms with Gasteiger partial charge in [0, 0.05) is 6.54 Å². The van der Waals surface area contributed by atoms with Crippen LogP contribution in [0.25, 0.3) is 0 Å². The Labute approximate surface area is 190 Å². The number of hydrogen-bond donors (Lipinski definition) is 0. The molecule has 32 heavy (non-hydrogen) atoms. The molecule has 5 nitrogen and oxygen atoms in total. The lowest BCUT2D eigenvalue weighted by Gasteiger charge is -2.29. The van der Waals surface area contributed by atoms with Crippen molar-refractivity contribution in [2.75, 3.05) is 24.5 Å². The van der Waals surface area contributed by atoms with E-state index in [1.807, 2.05) is 35.2 Å². The largest absolute Gasteiger partial charge is 0.497 e. The summed E-state index contributed by atoms with van der Waals surface area (Å²) in [6.07, 6.45) is 1.80. The molecule has 0 radical (unpaired) electrons. The SMILES string of the molecule is COc1ccc(S(=O)N(CC(=O)N2CCCC2c2ccccc2)c2cccc(F)c2)cc1. The Kier molecular flexibility index (Phi) is 6.85. The molecule has 166 valence electrons. The first-order valence-electron chi connectivity index (χ1n) is 10.5. The van der Waals surface area contributed by atoms with E-state index >= 15 is 0 Å². The van der Waals surface area contributed by atoms with Crippen LogP contribution in [0.3, 0.4) is 0 Å². The summed E-state index contributed by atoms with van der Waals surface area (Å²) in [5.41, 5.74) is 1.48. The summed E-state index contributed by atoms with van der Waals surface area (Å²) in [6.45, 7) is 0.524. The summed E-state index contributed by atoms with van der Waals surface area (Å²) in [4.78, 5) is 15.7. The fourth-order valence-corrected chi connectivity index (χ4v) is 5.15. The van der Waals surface area contributed by atoms with Gasteiger partial charge in [0.15, 0.2) is 11.0 Å². The van der Waals surface area contributed by atoms with Crippen molar-refractivity contribution in [3.8, 4) is 5.75 Å². The highest BCUT2D eigenvalue weighted by molar-refractivity contribution is 7.86. The van der Waals surface area contributed by atoms with Crippen molar-refractivity contribution in [3.63, 3.8) is 0 Å². The van der Waals surface area contributed by atoms with Crippen LogP contribution in [0.15, 0.2) is 83.8 Å². The molecule has 0 N–H and O–H groups in total. The first kappa shape index (κ1) is 22.0. The molecule has 0 aromatic heterocycles. The van der Waals surface area contributed by atoms with Gasteiger partial charge in [-0.25, -0.2) is 8.60 Å². The van der Waals surface area contributed by atoms with Gasteiger partial charge in [-0.2, -0.15) is 0 Å². The van der Waals surface area contributed by atoms with Crippen LogP contribution >= 0.6 is 0 Å². The van der Waals surface area contributed by atoms with E-state index in [1.165, 1.54) is 16.4 Å². The van der Waals surface area contributed by atoms with Crippen LogP contribution in [0.4, 0.5) is 10.1 Å². The molecule has 0 bridgehead atoms. The number of rotatable bonds is 7. The quantitative estimate of drug-likeness (QED) is 0.521. The van der Waals surface area contributed by atoms with E-state index < -0.39 is 16.8 Å². The first-order chi connectivity index (χ1) is 15.6. The van der Waals surface area contributed by atoms with Gasteiger partial charge < -0.3 is 9.64 Å². The van der Waals surface area contributed by atoms with Gasteiger partial charge in [-0.05, 0) is 60.9 Å². The zero-order valence-electron chi connectivity index (χ0n) is 17.8. The third kappa shape index (κ3) is 4.83. The number of anilines is 1. The average molecular weight is 453 g/mol. The maximum Gasteiger partial charge on any atom is 0.243 e. The molecule has 3 aromatic carbocycles.